The van der Waals surface area contributed by atoms with Crippen molar-refractivity contribution in [1.82, 2.24) is 0 Å². The summed E-state index contributed by atoms with van der Waals surface area (Å²) in [6, 6.07) is 9.16. The maximum atomic E-state index is 13.4. The van der Waals surface area contributed by atoms with Crippen molar-refractivity contribution in [2.45, 2.75) is 25.6 Å². The van der Waals surface area contributed by atoms with E-state index in [0.29, 0.717) is 11.3 Å². The monoisotopic (exact) mass is 447 g/mol. The van der Waals surface area contributed by atoms with Crippen LogP contribution in [0, 0.1) is 6.57 Å². The summed E-state index contributed by atoms with van der Waals surface area (Å²) in [5.41, 5.74) is -2.23. The smallest absolute Gasteiger partial charge is 0.407 e. The van der Waals surface area contributed by atoms with E-state index in [1.165, 1.54) is 30.2 Å². The number of alkyl halides is 3. The molecule has 1 saturated heterocycles. The first kappa shape index (κ1) is 22.2. The normalized spacial score (nSPS) is 15.8. The lowest BCUT2D eigenvalue weighted by Crippen LogP contribution is -2.44. The minimum absolute atomic E-state index is 0.0236. The Morgan fingerprint density at radius 2 is 1.71 bits per heavy atom. The zero-order valence-electron chi connectivity index (χ0n) is 16.6. The van der Waals surface area contributed by atoms with E-state index < -0.39 is 34.8 Å². The number of nitrogens with zero attached hydrogens (tertiary/aromatic N) is 3. The van der Waals surface area contributed by atoms with Gasteiger partial charge in [-0.15, -0.1) is 0 Å². The molecule has 0 bridgehead atoms. The van der Waals surface area contributed by atoms with E-state index in [4.69, 9.17) is 18.8 Å². The van der Waals surface area contributed by atoms with Gasteiger partial charge in [-0.1, -0.05) is 6.07 Å². The zero-order valence-corrected chi connectivity index (χ0v) is 17.5. The number of esters is 1. The van der Waals surface area contributed by atoms with Gasteiger partial charge in [0.05, 0.1) is 24.8 Å². The summed E-state index contributed by atoms with van der Waals surface area (Å²) in [6.45, 7) is 10.2. The molecule has 31 heavy (non-hydrogen) atoms. The van der Waals surface area contributed by atoms with Crippen molar-refractivity contribution in [3.63, 3.8) is 0 Å². The highest BCUT2D eigenvalue weighted by molar-refractivity contribution is 7.81. The van der Waals surface area contributed by atoms with Crippen LogP contribution in [-0.2, 0) is 15.7 Å². The molecule has 0 saturated carbocycles. The summed E-state index contributed by atoms with van der Waals surface area (Å²) in [6.07, 6.45) is -4.76. The van der Waals surface area contributed by atoms with Crippen LogP contribution in [0.2, 0.25) is 0 Å². The van der Waals surface area contributed by atoms with Crippen molar-refractivity contribution in [3.8, 4) is 0 Å². The Balaban J connectivity index is 2.06. The van der Waals surface area contributed by atoms with Gasteiger partial charge in [-0.25, -0.2) is 9.64 Å². The number of methoxy groups -OCH3 is 1. The molecule has 0 aromatic heterocycles. The highest BCUT2D eigenvalue weighted by Crippen LogP contribution is 2.41. The number of hydrogen-bond acceptors (Lipinski definition) is 4. The highest BCUT2D eigenvalue weighted by Gasteiger charge is 2.50. The molecule has 0 atom stereocenters. The lowest BCUT2D eigenvalue weighted by molar-refractivity contribution is -0.136. The van der Waals surface area contributed by atoms with Gasteiger partial charge in [-0.2, -0.15) is 13.2 Å². The molecule has 0 spiro atoms. The van der Waals surface area contributed by atoms with Crippen molar-refractivity contribution >= 4 is 46.3 Å². The minimum atomic E-state index is -4.76. The van der Waals surface area contributed by atoms with Gasteiger partial charge in [0.1, 0.15) is 5.54 Å². The minimum Gasteiger partial charge on any atom is -0.465 e. The van der Waals surface area contributed by atoms with Crippen molar-refractivity contribution < 1.29 is 27.5 Å². The van der Waals surface area contributed by atoms with E-state index in [0.717, 1.165) is 17.0 Å². The van der Waals surface area contributed by atoms with Crippen LogP contribution in [0.15, 0.2) is 42.5 Å². The second kappa shape index (κ2) is 7.67. The third-order valence-electron chi connectivity index (χ3n) is 4.88. The van der Waals surface area contributed by atoms with Gasteiger partial charge in [0, 0.05) is 11.4 Å². The van der Waals surface area contributed by atoms with E-state index >= 15 is 0 Å². The lowest BCUT2D eigenvalue weighted by Gasteiger charge is -2.29. The van der Waals surface area contributed by atoms with Gasteiger partial charge in [-0.3, -0.25) is 9.69 Å². The standard InChI is InChI=1S/C21H16F3N3O3S/c1-20(2)18(29)26(14-9-10-16(25-3)15(11-14)21(22,23)24)19(31)27(20)13-7-5-12(6-8-13)17(28)30-4/h5-11H,1-2,4H3. The van der Waals surface area contributed by atoms with Gasteiger partial charge < -0.3 is 9.64 Å². The van der Waals surface area contributed by atoms with Crippen LogP contribution in [0.1, 0.15) is 29.8 Å². The molecule has 6 nitrogen and oxygen atoms in total. The summed E-state index contributed by atoms with van der Waals surface area (Å²) >= 11 is 5.45. The van der Waals surface area contributed by atoms with Crippen LogP contribution < -0.4 is 9.80 Å². The number of amides is 1. The molecule has 1 aliphatic heterocycles. The number of benzene rings is 2. The fourth-order valence-corrected chi connectivity index (χ4v) is 3.83. The number of carbonyl (C=O) groups excluding carboxylic acids is 2. The molecule has 0 aliphatic carbocycles. The Labute approximate surface area is 181 Å². The van der Waals surface area contributed by atoms with Crippen LogP contribution in [0.3, 0.4) is 0 Å². The zero-order chi connectivity index (χ0) is 23.1. The van der Waals surface area contributed by atoms with Crippen LogP contribution >= 0.6 is 12.2 Å². The molecule has 10 heteroatoms. The first-order valence-electron chi connectivity index (χ1n) is 8.89. The average Bonchev–Trinajstić information content (AvgIpc) is 2.90. The number of hydrogen-bond donors (Lipinski definition) is 0. The molecule has 1 aliphatic rings. The molecular formula is C21H16F3N3O3S. The van der Waals surface area contributed by atoms with Crippen molar-refractivity contribution in [1.29, 1.82) is 0 Å². The molecular weight excluding hydrogens is 431 g/mol. The molecule has 0 unspecified atom stereocenters. The SMILES string of the molecule is [C-]#[N+]c1ccc(N2C(=O)C(C)(C)N(c3ccc(C(=O)OC)cc3)C2=S)cc1C(F)(F)F. The molecule has 2 aromatic rings. The van der Waals surface area contributed by atoms with E-state index in [-0.39, 0.29) is 10.8 Å². The largest absolute Gasteiger partial charge is 0.465 e. The number of ether oxygens (including phenoxy) is 1. The summed E-state index contributed by atoms with van der Waals surface area (Å²) in [4.78, 5) is 30.2. The van der Waals surface area contributed by atoms with Crippen LogP contribution in [0.5, 0.6) is 0 Å². The predicted molar refractivity (Wildman–Crippen MR) is 112 cm³/mol. The van der Waals surface area contributed by atoms with Gasteiger partial charge >= 0.3 is 12.1 Å². The van der Waals surface area contributed by atoms with Crippen LogP contribution in [0.4, 0.5) is 30.2 Å². The Bertz CT molecular complexity index is 1120. The molecule has 2 aromatic carbocycles. The van der Waals surface area contributed by atoms with Crippen LogP contribution in [0.25, 0.3) is 4.85 Å². The number of halogens is 3. The number of carbonyl (C=O) groups is 2. The number of thiocarbonyl (C=S) groups is 1. The topological polar surface area (TPSA) is 54.2 Å². The van der Waals surface area contributed by atoms with E-state index in [2.05, 4.69) is 9.58 Å². The van der Waals surface area contributed by atoms with Gasteiger partial charge in [-0.05, 0) is 62.5 Å². The predicted octanol–water partition coefficient (Wildman–Crippen LogP) is 4.96. The maximum absolute atomic E-state index is 13.4. The van der Waals surface area contributed by atoms with Crippen molar-refractivity contribution in [2.24, 2.45) is 0 Å². The maximum Gasteiger partial charge on any atom is 0.407 e. The molecule has 0 radical (unpaired) electrons. The second-order valence-electron chi connectivity index (χ2n) is 7.17. The summed E-state index contributed by atoms with van der Waals surface area (Å²) in [5.74, 6) is -1.06. The molecule has 3 rings (SSSR count). The average molecular weight is 447 g/mol. The Kier molecular flexibility index (Phi) is 5.50. The summed E-state index contributed by atoms with van der Waals surface area (Å²) < 4.78 is 44.8. The van der Waals surface area contributed by atoms with E-state index in [1.54, 1.807) is 26.0 Å². The number of anilines is 2. The van der Waals surface area contributed by atoms with Gasteiger partial charge in [0.2, 0.25) is 0 Å². The third-order valence-corrected chi connectivity index (χ3v) is 5.24. The molecule has 1 fully saturated rings. The van der Waals surface area contributed by atoms with Crippen molar-refractivity contribution in [3.05, 3.63) is 65.0 Å². The van der Waals surface area contributed by atoms with Gasteiger partial charge in [0.25, 0.3) is 5.91 Å². The molecule has 1 amide bonds. The lowest BCUT2D eigenvalue weighted by atomic mass is 10.0. The summed E-state index contributed by atoms with van der Waals surface area (Å²) in [5, 5.41) is -0.0236. The second-order valence-corrected chi connectivity index (χ2v) is 7.53. The Morgan fingerprint density at radius 1 is 1.13 bits per heavy atom. The van der Waals surface area contributed by atoms with Gasteiger partial charge in [0.15, 0.2) is 10.8 Å². The first-order valence-corrected chi connectivity index (χ1v) is 9.30. The fourth-order valence-electron chi connectivity index (χ4n) is 3.31. The first-order chi connectivity index (χ1) is 14.4. The highest BCUT2D eigenvalue weighted by atomic mass is 32.1. The Hall–Kier alpha value is -3.45. The van der Waals surface area contributed by atoms with E-state index in [9.17, 15) is 22.8 Å². The molecule has 160 valence electrons. The third kappa shape index (κ3) is 3.72. The van der Waals surface area contributed by atoms with E-state index in [1.807, 2.05) is 0 Å². The quantitative estimate of drug-likeness (QED) is 0.378. The Morgan fingerprint density at radius 3 is 2.23 bits per heavy atom. The van der Waals surface area contributed by atoms with Crippen molar-refractivity contribution in [2.75, 3.05) is 16.9 Å². The summed E-state index contributed by atoms with van der Waals surface area (Å²) in [7, 11) is 1.25. The molecule has 0 N–H and O–H groups in total. The fraction of sp³-hybridized carbons (Fsp3) is 0.238. The van der Waals surface area contributed by atoms with Crippen LogP contribution in [-0.4, -0.2) is 29.6 Å². The molecule has 1 heterocycles. The number of rotatable bonds is 3.